The van der Waals surface area contributed by atoms with Crippen molar-refractivity contribution in [2.24, 2.45) is 0 Å². The first kappa shape index (κ1) is 25.8. The predicted octanol–water partition coefficient (Wildman–Crippen LogP) is 4.61. The Morgan fingerprint density at radius 2 is 1.94 bits per heavy atom. The van der Waals surface area contributed by atoms with E-state index >= 15 is 0 Å². The summed E-state index contributed by atoms with van der Waals surface area (Å²) in [4.78, 5) is 24.0. The summed E-state index contributed by atoms with van der Waals surface area (Å²) < 4.78 is 13.2. The molecule has 0 aliphatic carbocycles. The standard InChI is InChI=1S/C25H29N5O4S/c1-6-12-30-24(17(3)34-21-9-7-8-20(14-21)33-5)28-29-25(30)35-15-23(32)27-19-11-10-16(2)22(13-19)26-18(4)31/h6-11,13-14,17H,1,12,15H2,2-5H3,(H,26,31)(H,27,32). The summed E-state index contributed by atoms with van der Waals surface area (Å²) >= 11 is 1.27. The number of ether oxygens (including phenoxy) is 2. The van der Waals surface area contributed by atoms with Crippen LogP contribution in [0, 0.1) is 6.92 Å². The lowest BCUT2D eigenvalue weighted by Gasteiger charge is -2.16. The molecule has 1 heterocycles. The molecule has 0 aliphatic rings. The molecule has 1 atom stereocenters. The van der Waals surface area contributed by atoms with Gasteiger partial charge in [-0.25, -0.2) is 0 Å². The number of aryl methyl sites for hydroxylation is 1. The summed E-state index contributed by atoms with van der Waals surface area (Å²) in [5.41, 5.74) is 2.16. The molecule has 3 aromatic rings. The summed E-state index contributed by atoms with van der Waals surface area (Å²) in [6.07, 6.45) is 1.35. The highest BCUT2D eigenvalue weighted by molar-refractivity contribution is 7.99. The highest BCUT2D eigenvalue weighted by Gasteiger charge is 2.20. The molecule has 2 aromatic carbocycles. The number of carbonyl (C=O) groups excluding carboxylic acids is 2. The molecule has 0 aliphatic heterocycles. The van der Waals surface area contributed by atoms with E-state index in [-0.39, 0.29) is 17.6 Å². The van der Waals surface area contributed by atoms with Crippen LogP contribution in [-0.2, 0) is 16.1 Å². The number of allylic oxidation sites excluding steroid dienone is 1. The number of hydrogen-bond donors (Lipinski definition) is 2. The van der Waals surface area contributed by atoms with Crippen LogP contribution >= 0.6 is 11.8 Å². The predicted molar refractivity (Wildman–Crippen MR) is 137 cm³/mol. The second-order valence-corrected chi connectivity index (χ2v) is 8.67. The first-order valence-electron chi connectivity index (χ1n) is 11.0. The van der Waals surface area contributed by atoms with Gasteiger partial charge >= 0.3 is 0 Å². The Balaban J connectivity index is 1.66. The molecule has 0 radical (unpaired) electrons. The van der Waals surface area contributed by atoms with Gasteiger partial charge in [-0.3, -0.25) is 14.2 Å². The van der Waals surface area contributed by atoms with Gasteiger partial charge in [0.2, 0.25) is 11.8 Å². The Bertz CT molecular complexity index is 1210. The number of carbonyl (C=O) groups is 2. The van der Waals surface area contributed by atoms with Gasteiger partial charge < -0.3 is 20.1 Å². The van der Waals surface area contributed by atoms with Crippen LogP contribution in [0.25, 0.3) is 0 Å². The third-order valence-electron chi connectivity index (χ3n) is 4.94. The van der Waals surface area contributed by atoms with Crippen molar-refractivity contribution in [1.82, 2.24) is 14.8 Å². The van der Waals surface area contributed by atoms with Crippen LogP contribution in [0.2, 0.25) is 0 Å². The van der Waals surface area contributed by atoms with Gasteiger partial charge in [0.1, 0.15) is 11.5 Å². The lowest BCUT2D eigenvalue weighted by Crippen LogP contribution is -2.16. The number of methoxy groups -OCH3 is 1. The Hall–Kier alpha value is -3.79. The number of hydrogen-bond acceptors (Lipinski definition) is 7. The van der Waals surface area contributed by atoms with Crippen LogP contribution in [0.15, 0.2) is 60.3 Å². The fourth-order valence-corrected chi connectivity index (χ4v) is 4.05. The number of nitrogens with zero attached hydrogens (tertiary/aromatic N) is 3. The van der Waals surface area contributed by atoms with Crippen molar-refractivity contribution in [2.45, 2.75) is 38.6 Å². The number of nitrogens with one attached hydrogen (secondary N) is 2. The molecule has 184 valence electrons. The van der Waals surface area contributed by atoms with Crippen LogP contribution in [0.1, 0.15) is 31.3 Å². The molecule has 3 rings (SSSR count). The van der Waals surface area contributed by atoms with Crippen molar-refractivity contribution in [3.05, 3.63) is 66.5 Å². The lowest BCUT2D eigenvalue weighted by atomic mass is 10.2. The number of thioether (sulfide) groups is 1. The normalized spacial score (nSPS) is 11.4. The van der Waals surface area contributed by atoms with Crippen molar-refractivity contribution in [1.29, 1.82) is 0 Å². The molecule has 1 aromatic heterocycles. The fraction of sp³-hybridized carbons (Fsp3) is 0.280. The Labute approximate surface area is 208 Å². The van der Waals surface area contributed by atoms with Crippen molar-refractivity contribution in [2.75, 3.05) is 23.5 Å². The van der Waals surface area contributed by atoms with Crippen LogP contribution in [0.5, 0.6) is 11.5 Å². The topological polar surface area (TPSA) is 107 Å². The molecule has 2 amide bonds. The van der Waals surface area contributed by atoms with Crippen LogP contribution in [0.4, 0.5) is 11.4 Å². The van der Waals surface area contributed by atoms with Gasteiger partial charge in [0.05, 0.1) is 12.9 Å². The molecular weight excluding hydrogens is 466 g/mol. The van der Waals surface area contributed by atoms with E-state index in [1.165, 1.54) is 18.7 Å². The minimum absolute atomic E-state index is 0.129. The van der Waals surface area contributed by atoms with E-state index in [0.717, 1.165) is 5.56 Å². The lowest BCUT2D eigenvalue weighted by molar-refractivity contribution is -0.114. The van der Waals surface area contributed by atoms with Crippen molar-refractivity contribution in [3.8, 4) is 11.5 Å². The first-order valence-corrected chi connectivity index (χ1v) is 11.9. The summed E-state index contributed by atoms with van der Waals surface area (Å²) in [7, 11) is 1.60. The smallest absolute Gasteiger partial charge is 0.234 e. The van der Waals surface area contributed by atoms with E-state index in [2.05, 4.69) is 27.4 Å². The fourth-order valence-electron chi connectivity index (χ4n) is 3.29. The van der Waals surface area contributed by atoms with Crippen LogP contribution in [-0.4, -0.2) is 39.4 Å². The zero-order valence-corrected chi connectivity index (χ0v) is 21.0. The van der Waals surface area contributed by atoms with Crippen molar-refractivity contribution in [3.63, 3.8) is 0 Å². The third-order valence-corrected chi connectivity index (χ3v) is 5.91. The second kappa shape index (κ2) is 12.1. The minimum atomic E-state index is -0.391. The average molecular weight is 496 g/mol. The Morgan fingerprint density at radius 1 is 1.17 bits per heavy atom. The zero-order valence-electron chi connectivity index (χ0n) is 20.2. The molecule has 0 spiro atoms. The van der Waals surface area contributed by atoms with E-state index in [9.17, 15) is 9.59 Å². The van der Waals surface area contributed by atoms with Gasteiger partial charge in [-0.2, -0.15) is 0 Å². The molecule has 9 nitrogen and oxygen atoms in total. The SMILES string of the molecule is C=CCn1c(SCC(=O)Nc2ccc(C)c(NC(C)=O)c2)nnc1C(C)Oc1cccc(OC)c1. The maximum atomic E-state index is 12.6. The van der Waals surface area contributed by atoms with E-state index in [1.807, 2.05) is 42.7 Å². The molecular formula is C25H29N5O4S. The number of rotatable bonds is 11. The highest BCUT2D eigenvalue weighted by Crippen LogP contribution is 2.27. The number of benzene rings is 2. The third kappa shape index (κ3) is 7.10. The quantitative estimate of drug-likeness (QED) is 0.295. The number of amides is 2. The van der Waals surface area contributed by atoms with Gasteiger partial charge in [-0.05, 0) is 43.7 Å². The molecule has 1 unspecified atom stereocenters. The number of aromatic nitrogens is 3. The monoisotopic (exact) mass is 495 g/mol. The van der Waals surface area contributed by atoms with Gasteiger partial charge in [0, 0.05) is 30.9 Å². The first-order chi connectivity index (χ1) is 16.8. The molecule has 2 N–H and O–H groups in total. The molecule has 0 saturated carbocycles. The zero-order chi connectivity index (χ0) is 25.4. The van der Waals surface area contributed by atoms with Crippen molar-refractivity contribution < 1.29 is 19.1 Å². The Morgan fingerprint density at radius 3 is 2.66 bits per heavy atom. The molecule has 0 fully saturated rings. The molecule has 35 heavy (non-hydrogen) atoms. The molecule has 0 bridgehead atoms. The van der Waals surface area contributed by atoms with Crippen molar-refractivity contribution >= 4 is 35.0 Å². The van der Waals surface area contributed by atoms with E-state index < -0.39 is 6.10 Å². The van der Waals surface area contributed by atoms with E-state index in [4.69, 9.17) is 9.47 Å². The largest absolute Gasteiger partial charge is 0.497 e. The maximum absolute atomic E-state index is 12.6. The summed E-state index contributed by atoms with van der Waals surface area (Å²) in [5, 5.41) is 14.8. The van der Waals surface area contributed by atoms with Crippen LogP contribution < -0.4 is 20.1 Å². The minimum Gasteiger partial charge on any atom is -0.497 e. The highest BCUT2D eigenvalue weighted by atomic mass is 32.2. The van der Waals surface area contributed by atoms with Crippen LogP contribution in [0.3, 0.4) is 0 Å². The van der Waals surface area contributed by atoms with E-state index in [1.54, 1.807) is 31.4 Å². The maximum Gasteiger partial charge on any atom is 0.234 e. The van der Waals surface area contributed by atoms with Gasteiger partial charge in [0.25, 0.3) is 0 Å². The summed E-state index contributed by atoms with van der Waals surface area (Å²) in [6.45, 7) is 9.50. The molecule has 10 heteroatoms. The average Bonchev–Trinajstić information content (AvgIpc) is 3.22. The second-order valence-electron chi connectivity index (χ2n) is 7.73. The molecule has 0 saturated heterocycles. The van der Waals surface area contributed by atoms with Gasteiger partial charge in [-0.15, -0.1) is 16.8 Å². The summed E-state index contributed by atoms with van der Waals surface area (Å²) in [5.74, 6) is 1.72. The van der Waals surface area contributed by atoms with Gasteiger partial charge in [-0.1, -0.05) is 30.0 Å². The number of anilines is 2. The van der Waals surface area contributed by atoms with Gasteiger partial charge in [0.15, 0.2) is 17.1 Å². The summed E-state index contributed by atoms with van der Waals surface area (Å²) in [6, 6.07) is 12.7. The van der Waals surface area contributed by atoms with E-state index in [0.29, 0.717) is 40.4 Å². The Kier molecular flexibility index (Phi) is 8.91.